The fourth-order valence-corrected chi connectivity index (χ4v) is 3.42. The second kappa shape index (κ2) is 10.4. The third-order valence-electron chi connectivity index (χ3n) is 4.85. The number of allylic oxidation sites excluding steroid dienone is 1. The molecule has 1 aliphatic rings. The van der Waals surface area contributed by atoms with Gasteiger partial charge in [-0.05, 0) is 50.7 Å². The van der Waals surface area contributed by atoms with Crippen LogP contribution in [0.5, 0.6) is 5.75 Å². The molecule has 0 unspecified atom stereocenters. The van der Waals surface area contributed by atoms with Crippen LogP contribution >= 0.6 is 11.6 Å². The summed E-state index contributed by atoms with van der Waals surface area (Å²) in [4.78, 5) is 25.9. The molecule has 0 aliphatic heterocycles. The molecule has 1 aliphatic carbocycles. The quantitative estimate of drug-likeness (QED) is 0.667. The lowest BCUT2D eigenvalue weighted by atomic mass is 9.97. The summed E-state index contributed by atoms with van der Waals surface area (Å²) in [5.74, 6) is 0.322. The summed E-state index contributed by atoms with van der Waals surface area (Å²) >= 11 is 6.15. The van der Waals surface area contributed by atoms with E-state index < -0.39 is 0 Å². The Kier molecular flexibility index (Phi) is 8.17. The van der Waals surface area contributed by atoms with E-state index in [1.807, 2.05) is 13.0 Å². The van der Waals surface area contributed by atoms with Crippen molar-refractivity contribution in [1.82, 2.24) is 5.32 Å². The zero-order chi connectivity index (χ0) is 19.8. The number of amides is 2. The van der Waals surface area contributed by atoms with Crippen LogP contribution in [0.15, 0.2) is 23.8 Å². The van der Waals surface area contributed by atoms with Gasteiger partial charge in [-0.15, -0.1) is 0 Å². The van der Waals surface area contributed by atoms with Gasteiger partial charge in [0.15, 0.2) is 0 Å². The molecular formula is C21H29ClN2O3. The number of ether oxygens (including phenoxy) is 1. The summed E-state index contributed by atoms with van der Waals surface area (Å²) in [7, 11) is 1.54. The fraction of sp³-hybridized carbons (Fsp3) is 0.524. The first kappa shape index (κ1) is 21.3. The molecule has 2 rings (SSSR count). The molecule has 0 aromatic heterocycles. The molecule has 0 fully saturated rings. The fourth-order valence-electron chi connectivity index (χ4n) is 3.27. The van der Waals surface area contributed by atoms with Crippen molar-refractivity contribution in [2.24, 2.45) is 0 Å². The minimum Gasteiger partial charge on any atom is -0.495 e. The number of aryl methyl sites for hydroxylation is 1. The summed E-state index contributed by atoms with van der Waals surface area (Å²) in [6.07, 6.45) is 8.25. The lowest BCUT2D eigenvalue weighted by Crippen LogP contribution is -2.34. The van der Waals surface area contributed by atoms with Crippen molar-refractivity contribution in [1.29, 1.82) is 0 Å². The number of hydrogen-bond donors (Lipinski definition) is 1. The molecule has 0 saturated carbocycles. The maximum Gasteiger partial charge on any atom is 0.223 e. The second-order valence-electron chi connectivity index (χ2n) is 6.90. The van der Waals surface area contributed by atoms with Crippen molar-refractivity contribution in [3.05, 3.63) is 34.4 Å². The number of rotatable bonds is 8. The van der Waals surface area contributed by atoms with Crippen molar-refractivity contribution in [3.8, 4) is 5.75 Å². The molecule has 1 aromatic rings. The highest BCUT2D eigenvalue weighted by Gasteiger charge is 2.19. The monoisotopic (exact) mass is 392 g/mol. The largest absolute Gasteiger partial charge is 0.495 e. The van der Waals surface area contributed by atoms with Gasteiger partial charge in [0.1, 0.15) is 5.75 Å². The van der Waals surface area contributed by atoms with Crippen LogP contribution in [0.25, 0.3) is 0 Å². The second-order valence-corrected chi connectivity index (χ2v) is 7.31. The molecule has 0 bridgehead atoms. The van der Waals surface area contributed by atoms with E-state index in [0.29, 0.717) is 29.5 Å². The zero-order valence-electron chi connectivity index (χ0n) is 16.4. The SMILES string of the molecule is COc1cc(Cl)c(C)cc1N(CCC(=O)NCCC1=CCCCC1)C(C)=O. The molecule has 27 heavy (non-hydrogen) atoms. The molecule has 2 amide bonds. The minimum absolute atomic E-state index is 0.0534. The number of methoxy groups -OCH3 is 1. The standard InChI is InChI=1S/C21H29ClN2O3/c1-15-13-19(20(27-3)14-18(15)22)24(16(2)25)12-10-21(26)23-11-9-17-7-5-4-6-8-17/h7,13-14H,4-6,8-12H2,1-3H3,(H,23,26). The van der Waals surface area contributed by atoms with Gasteiger partial charge in [0.2, 0.25) is 11.8 Å². The van der Waals surface area contributed by atoms with Gasteiger partial charge in [-0.25, -0.2) is 0 Å². The van der Waals surface area contributed by atoms with Crippen LogP contribution in [0, 0.1) is 6.92 Å². The van der Waals surface area contributed by atoms with E-state index in [0.717, 1.165) is 24.8 Å². The van der Waals surface area contributed by atoms with Crippen LogP contribution in [0.4, 0.5) is 5.69 Å². The molecular weight excluding hydrogens is 364 g/mol. The molecule has 0 radical (unpaired) electrons. The zero-order valence-corrected chi connectivity index (χ0v) is 17.2. The van der Waals surface area contributed by atoms with Gasteiger partial charge in [-0.2, -0.15) is 0 Å². The predicted octanol–water partition coefficient (Wildman–Crippen LogP) is 4.41. The third-order valence-corrected chi connectivity index (χ3v) is 5.25. The number of nitrogens with zero attached hydrogens (tertiary/aromatic N) is 1. The third kappa shape index (κ3) is 6.28. The van der Waals surface area contributed by atoms with Crippen molar-refractivity contribution >= 4 is 29.1 Å². The smallest absolute Gasteiger partial charge is 0.223 e. The maximum absolute atomic E-state index is 12.2. The Hall–Kier alpha value is -2.01. The average Bonchev–Trinajstić information content (AvgIpc) is 2.65. The van der Waals surface area contributed by atoms with Gasteiger partial charge in [0, 0.05) is 37.5 Å². The molecule has 0 heterocycles. The van der Waals surface area contributed by atoms with E-state index in [-0.39, 0.29) is 18.2 Å². The summed E-state index contributed by atoms with van der Waals surface area (Å²) in [6.45, 7) is 4.29. The first-order valence-corrected chi connectivity index (χ1v) is 9.87. The van der Waals surface area contributed by atoms with E-state index in [1.165, 1.54) is 32.4 Å². The van der Waals surface area contributed by atoms with Crippen LogP contribution in [-0.4, -0.2) is 32.0 Å². The number of carbonyl (C=O) groups is 2. The molecule has 0 atom stereocenters. The number of benzene rings is 1. The Bertz CT molecular complexity index is 716. The van der Waals surface area contributed by atoms with Crippen LogP contribution in [0.1, 0.15) is 51.0 Å². The topological polar surface area (TPSA) is 58.6 Å². The Morgan fingerprint density at radius 2 is 2.07 bits per heavy atom. The van der Waals surface area contributed by atoms with Gasteiger partial charge in [0.25, 0.3) is 0 Å². The lowest BCUT2D eigenvalue weighted by Gasteiger charge is -2.24. The van der Waals surface area contributed by atoms with Crippen molar-refractivity contribution in [2.45, 2.75) is 52.4 Å². The van der Waals surface area contributed by atoms with Crippen LogP contribution in [-0.2, 0) is 9.59 Å². The van der Waals surface area contributed by atoms with E-state index >= 15 is 0 Å². The average molecular weight is 393 g/mol. The first-order valence-electron chi connectivity index (χ1n) is 9.49. The summed E-state index contributed by atoms with van der Waals surface area (Å²) in [5.41, 5.74) is 2.92. The molecule has 0 saturated heterocycles. The normalized spacial score (nSPS) is 13.7. The Morgan fingerprint density at radius 1 is 1.30 bits per heavy atom. The first-order chi connectivity index (χ1) is 12.9. The number of halogens is 1. The molecule has 1 aromatic carbocycles. The Balaban J connectivity index is 1.92. The number of carbonyl (C=O) groups excluding carboxylic acids is 2. The van der Waals surface area contributed by atoms with E-state index in [4.69, 9.17) is 16.3 Å². The van der Waals surface area contributed by atoms with Gasteiger partial charge in [-0.3, -0.25) is 9.59 Å². The van der Waals surface area contributed by atoms with E-state index in [1.54, 1.807) is 11.0 Å². The Labute approximate surface area is 166 Å². The highest BCUT2D eigenvalue weighted by atomic mass is 35.5. The summed E-state index contributed by atoms with van der Waals surface area (Å²) < 4.78 is 5.37. The predicted molar refractivity (Wildman–Crippen MR) is 110 cm³/mol. The maximum atomic E-state index is 12.2. The number of anilines is 1. The van der Waals surface area contributed by atoms with Crippen LogP contribution in [0.3, 0.4) is 0 Å². The van der Waals surface area contributed by atoms with Crippen molar-refractivity contribution in [3.63, 3.8) is 0 Å². The van der Waals surface area contributed by atoms with Gasteiger partial charge in [-0.1, -0.05) is 23.3 Å². The minimum atomic E-state index is -0.143. The highest BCUT2D eigenvalue weighted by molar-refractivity contribution is 6.31. The van der Waals surface area contributed by atoms with Crippen molar-refractivity contribution in [2.75, 3.05) is 25.1 Å². The highest BCUT2D eigenvalue weighted by Crippen LogP contribution is 2.34. The summed E-state index contributed by atoms with van der Waals surface area (Å²) in [5, 5.41) is 3.53. The van der Waals surface area contributed by atoms with Gasteiger partial charge >= 0.3 is 0 Å². The van der Waals surface area contributed by atoms with Crippen LogP contribution < -0.4 is 15.0 Å². The molecule has 5 nitrogen and oxygen atoms in total. The molecule has 148 valence electrons. The van der Waals surface area contributed by atoms with Gasteiger partial charge < -0.3 is 15.0 Å². The Morgan fingerprint density at radius 3 is 2.70 bits per heavy atom. The summed E-state index contributed by atoms with van der Waals surface area (Å²) in [6, 6.07) is 3.51. The van der Waals surface area contributed by atoms with E-state index in [2.05, 4.69) is 11.4 Å². The number of hydrogen-bond acceptors (Lipinski definition) is 3. The molecule has 6 heteroatoms. The lowest BCUT2D eigenvalue weighted by molar-refractivity contribution is -0.121. The van der Waals surface area contributed by atoms with Crippen LogP contribution in [0.2, 0.25) is 5.02 Å². The van der Waals surface area contributed by atoms with E-state index in [9.17, 15) is 9.59 Å². The van der Waals surface area contributed by atoms with Crippen molar-refractivity contribution < 1.29 is 14.3 Å². The molecule has 1 N–H and O–H groups in total. The van der Waals surface area contributed by atoms with Gasteiger partial charge in [0.05, 0.1) is 12.8 Å². The number of nitrogens with one attached hydrogen (secondary N) is 1. The molecule has 0 spiro atoms.